The zero-order valence-corrected chi connectivity index (χ0v) is 15.6. The lowest BCUT2D eigenvalue weighted by Crippen LogP contribution is -2.29. The molecule has 142 valence electrons. The second-order valence-corrected chi connectivity index (χ2v) is 6.93. The van der Waals surface area contributed by atoms with Gasteiger partial charge >= 0.3 is 0 Å². The lowest BCUT2D eigenvalue weighted by atomic mass is 10.1. The summed E-state index contributed by atoms with van der Waals surface area (Å²) in [7, 11) is 0. The first-order chi connectivity index (χ1) is 13.1. The zero-order valence-electron chi connectivity index (χ0n) is 15.6. The molecule has 1 saturated heterocycles. The number of nitro groups is 1. The van der Waals surface area contributed by atoms with E-state index in [-0.39, 0.29) is 11.6 Å². The van der Waals surface area contributed by atoms with E-state index in [2.05, 4.69) is 34.5 Å². The van der Waals surface area contributed by atoms with E-state index in [1.807, 2.05) is 0 Å². The summed E-state index contributed by atoms with van der Waals surface area (Å²) in [6.07, 6.45) is 4.55. The van der Waals surface area contributed by atoms with E-state index in [1.165, 1.54) is 31.0 Å². The van der Waals surface area contributed by atoms with E-state index in [0.29, 0.717) is 17.7 Å². The van der Waals surface area contributed by atoms with Crippen LogP contribution in [0.15, 0.2) is 42.5 Å². The number of nitro benzene ring substituents is 1. The highest BCUT2D eigenvalue weighted by molar-refractivity contribution is 5.96. The molecule has 3 rings (SSSR count). The van der Waals surface area contributed by atoms with Crippen LogP contribution in [0.2, 0.25) is 0 Å². The van der Waals surface area contributed by atoms with Gasteiger partial charge in [-0.15, -0.1) is 0 Å². The van der Waals surface area contributed by atoms with Gasteiger partial charge in [0.25, 0.3) is 11.6 Å². The van der Waals surface area contributed by atoms with Gasteiger partial charge in [0.1, 0.15) is 0 Å². The first kappa shape index (κ1) is 18.9. The fourth-order valence-electron chi connectivity index (χ4n) is 3.51. The third-order valence-electron chi connectivity index (χ3n) is 5.10. The number of anilines is 1. The smallest absolute Gasteiger partial charge is 0.273 e. The molecular weight excluding hydrogens is 342 g/mol. The van der Waals surface area contributed by atoms with Crippen LogP contribution in [0.1, 0.15) is 40.7 Å². The van der Waals surface area contributed by atoms with Crippen molar-refractivity contribution in [2.45, 2.75) is 32.6 Å². The molecule has 6 nitrogen and oxygen atoms in total. The maximum Gasteiger partial charge on any atom is 0.273 e. The number of carbonyl (C=O) groups excluding carboxylic acids is 1. The molecule has 0 aromatic heterocycles. The molecule has 27 heavy (non-hydrogen) atoms. The fraction of sp³-hybridized carbons (Fsp3) is 0.381. The monoisotopic (exact) mass is 367 g/mol. The molecule has 1 heterocycles. The van der Waals surface area contributed by atoms with Gasteiger partial charge in [0.15, 0.2) is 0 Å². The van der Waals surface area contributed by atoms with Crippen molar-refractivity contribution >= 4 is 17.3 Å². The van der Waals surface area contributed by atoms with E-state index in [1.54, 1.807) is 19.1 Å². The standard InChI is InChI=1S/C21H25N3O3/c1-16-19(6-5-7-20(16)24(26)27)21(25)22-13-12-17-8-10-18(11-9-17)23-14-3-2-4-15-23/h5-11H,2-4,12-15H2,1H3,(H,22,25). The predicted octanol–water partition coefficient (Wildman–Crippen LogP) is 3.87. The Morgan fingerprint density at radius 3 is 2.48 bits per heavy atom. The van der Waals surface area contributed by atoms with Crippen molar-refractivity contribution in [1.29, 1.82) is 0 Å². The number of piperidine rings is 1. The van der Waals surface area contributed by atoms with Crippen LogP contribution >= 0.6 is 0 Å². The highest BCUT2D eigenvalue weighted by Crippen LogP contribution is 2.22. The largest absolute Gasteiger partial charge is 0.372 e. The van der Waals surface area contributed by atoms with Gasteiger partial charge in [-0.1, -0.05) is 18.2 Å². The highest BCUT2D eigenvalue weighted by atomic mass is 16.6. The van der Waals surface area contributed by atoms with Crippen molar-refractivity contribution in [3.8, 4) is 0 Å². The number of nitrogens with zero attached hydrogens (tertiary/aromatic N) is 2. The number of carbonyl (C=O) groups is 1. The predicted molar refractivity (Wildman–Crippen MR) is 106 cm³/mol. The lowest BCUT2D eigenvalue weighted by Gasteiger charge is -2.28. The van der Waals surface area contributed by atoms with Crippen molar-refractivity contribution in [2.24, 2.45) is 0 Å². The first-order valence-electron chi connectivity index (χ1n) is 9.42. The minimum Gasteiger partial charge on any atom is -0.372 e. The molecule has 0 aliphatic carbocycles. The minimum absolute atomic E-state index is 0.0315. The Morgan fingerprint density at radius 1 is 1.11 bits per heavy atom. The Bertz CT molecular complexity index is 812. The van der Waals surface area contributed by atoms with Crippen LogP contribution in [0.4, 0.5) is 11.4 Å². The zero-order chi connectivity index (χ0) is 19.2. The minimum atomic E-state index is -0.462. The summed E-state index contributed by atoms with van der Waals surface area (Å²) in [4.78, 5) is 25.3. The number of rotatable bonds is 6. The topological polar surface area (TPSA) is 75.5 Å². The third-order valence-corrected chi connectivity index (χ3v) is 5.10. The molecule has 1 fully saturated rings. The summed E-state index contributed by atoms with van der Waals surface area (Å²) in [5.74, 6) is -0.277. The molecule has 6 heteroatoms. The van der Waals surface area contributed by atoms with Crippen LogP contribution in [0.25, 0.3) is 0 Å². The highest BCUT2D eigenvalue weighted by Gasteiger charge is 2.17. The van der Waals surface area contributed by atoms with Gasteiger partial charge < -0.3 is 10.2 Å². The molecule has 2 aromatic carbocycles. The Balaban J connectivity index is 1.54. The number of benzene rings is 2. The Hall–Kier alpha value is -2.89. The average molecular weight is 367 g/mol. The van der Waals surface area contributed by atoms with Gasteiger partial charge in [0.2, 0.25) is 0 Å². The molecule has 1 N–H and O–H groups in total. The number of nitrogens with one attached hydrogen (secondary N) is 1. The molecule has 0 unspecified atom stereocenters. The van der Waals surface area contributed by atoms with Crippen LogP contribution in [0, 0.1) is 17.0 Å². The van der Waals surface area contributed by atoms with Crippen molar-refractivity contribution in [1.82, 2.24) is 5.32 Å². The molecule has 2 aromatic rings. The summed E-state index contributed by atoms with van der Waals surface area (Å²) in [6, 6.07) is 13.1. The number of amides is 1. The SMILES string of the molecule is Cc1c(C(=O)NCCc2ccc(N3CCCCC3)cc2)cccc1[N+](=O)[O-]. The summed E-state index contributed by atoms with van der Waals surface area (Å²) < 4.78 is 0. The van der Waals surface area contributed by atoms with Gasteiger partial charge in [-0.3, -0.25) is 14.9 Å². The second-order valence-electron chi connectivity index (χ2n) is 6.93. The van der Waals surface area contributed by atoms with Crippen molar-refractivity contribution in [3.63, 3.8) is 0 Å². The van der Waals surface area contributed by atoms with Crippen LogP contribution in [0.5, 0.6) is 0 Å². The van der Waals surface area contributed by atoms with E-state index in [9.17, 15) is 14.9 Å². The van der Waals surface area contributed by atoms with Crippen molar-refractivity contribution in [3.05, 3.63) is 69.3 Å². The number of hydrogen-bond acceptors (Lipinski definition) is 4. The van der Waals surface area contributed by atoms with Crippen molar-refractivity contribution < 1.29 is 9.72 Å². The second kappa shape index (κ2) is 8.66. The number of hydrogen-bond donors (Lipinski definition) is 1. The summed E-state index contributed by atoms with van der Waals surface area (Å²) in [6.45, 7) is 4.34. The van der Waals surface area contributed by atoms with Crippen LogP contribution in [-0.2, 0) is 6.42 Å². The summed E-state index contributed by atoms with van der Waals surface area (Å²) in [5, 5.41) is 13.9. The van der Waals surface area contributed by atoms with Gasteiger partial charge in [-0.25, -0.2) is 0 Å². The van der Waals surface area contributed by atoms with Crippen molar-refractivity contribution in [2.75, 3.05) is 24.5 Å². The molecule has 0 spiro atoms. The third kappa shape index (κ3) is 4.64. The molecule has 0 saturated carbocycles. The average Bonchev–Trinajstić information content (AvgIpc) is 2.69. The molecule has 0 atom stereocenters. The molecule has 0 radical (unpaired) electrons. The van der Waals surface area contributed by atoms with E-state index in [0.717, 1.165) is 25.1 Å². The Labute approximate surface area is 159 Å². The molecule has 1 aliphatic heterocycles. The lowest BCUT2D eigenvalue weighted by molar-refractivity contribution is -0.385. The molecule has 1 amide bonds. The van der Waals surface area contributed by atoms with E-state index in [4.69, 9.17) is 0 Å². The Morgan fingerprint density at radius 2 is 1.81 bits per heavy atom. The van der Waals surface area contributed by atoms with E-state index < -0.39 is 4.92 Å². The summed E-state index contributed by atoms with van der Waals surface area (Å²) in [5.41, 5.74) is 3.13. The molecule has 0 bridgehead atoms. The van der Waals surface area contributed by atoms with Crippen LogP contribution in [-0.4, -0.2) is 30.5 Å². The van der Waals surface area contributed by atoms with Gasteiger partial charge in [0.05, 0.1) is 4.92 Å². The maximum absolute atomic E-state index is 12.4. The maximum atomic E-state index is 12.4. The van der Waals surface area contributed by atoms with Gasteiger partial charge in [0, 0.05) is 42.5 Å². The normalized spacial score (nSPS) is 14.0. The molecule has 1 aliphatic rings. The first-order valence-corrected chi connectivity index (χ1v) is 9.42. The van der Waals surface area contributed by atoms with E-state index >= 15 is 0 Å². The van der Waals surface area contributed by atoms with Crippen LogP contribution in [0.3, 0.4) is 0 Å². The Kier molecular flexibility index (Phi) is 6.06. The fourth-order valence-corrected chi connectivity index (χ4v) is 3.51. The summed E-state index contributed by atoms with van der Waals surface area (Å²) >= 11 is 0. The van der Waals surface area contributed by atoms with Crippen LogP contribution < -0.4 is 10.2 Å². The molecular formula is C21H25N3O3. The van der Waals surface area contributed by atoms with Gasteiger partial charge in [-0.05, 0) is 56.4 Å². The van der Waals surface area contributed by atoms with Gasteiger partial charge in [-0.2, -0.15) is 0 Å². The quantitative estimate of drug-likeness (QED) is 0.621.